The van der Waals surface area contributed by atoms with E-state index in [9.17, 15) is 34.5 Å². The molecule has 0 saturated heterocycles. The van der Waals surface area contributed by atoms with Crippen molar-refractivity contribution in [3.63, 3.8) is 0 Å². The van der Waals surface area contributed by atoms with E-state index >= 15 is 0 Å². The first-order valence-electron chi connectivity index (χ1n) is 14.2. The van der Waals surface area contributed by atoms with Gasteiger partial charge < -0.3 is 50.1 Å². The van der Waals surface area contributed by atoms with Crippen LogP contribution in [0.1, 0.15) is 47.0 Å². The van der Waals surface area contributed by atoms with Gasteiger partial charge >= 0.3 is 12.1 Å². The molecule has 1 heterocycles. The molecule has 14 nitrogen and oxygen atoms in total. The van der Waals surface area contributed by atoms with Crippen LogP contribution in [0.4, 0.5) is 4.79 Å². The molecule has 248 valence electrons. The van der Waals surface area contributed by atoms with Crippen LogP contribution in [-0.2, 0) is 38.1 Å². The monoisotopic (exact) mass is 626 g/mol. The highest BCUT2D eigenvalue weighted by molar-refractivity contribution is 6.12. The van der Waals surface area contributed by atoms with Crippen LogP contribution in [-0.4, -0.2) is 110 Å². The number of amides is 2. The minimum Gasteiger partial charge on any atom is -0.497 e. The molecule has 0 aromatic heterocycles. The van der Waals surface area contributed by atoms with E-state index in [0.29, 0.717) is 5.57 Å². The molecule has 0 fully saturated rings. The summed E-state index contributed by atoms with van der Waals surface area (Å²) < 4.78 is 26.6. The van der Waals surface area contributed by atoms with Crippen LogP contribution in [0.3, 0.4) is 0 Å². The fourth-order valence-corrected chi connectivity index (χ4v) is 5.84. The van der Waals surface area contributed by atoms with Crippen molar-refractivity contribution in [2.75, 3.05) is 28.4 Å². The second kappa shape index (κ2) is 15.6. The molecule has 44 heavy (non-hydrogen) atoms. The summed E-state index contributed by atoms with van der Waals surface area (Å²) in [7, 11) is 4.98. The lowest BCUT2D eigenvalue weighted by atomic mass is 9.87. The van der Waals surface area contributed by atoms with Gasteiger partial charge in [0.2, 0.25) is 11.5 Å². The number of esters is 1. The van der Waals surface area contributed by atoms with E-state index in [0.717, 1.165) is 7.11 Å². The van der Waals surface area contributed by atoms with E-state index in [-0.39, 0.29) is 42.1 Å². The van der Waals surface area contributed by atoms with Crippen molar-refractivity contribution in [1.82, 2.24) is 5.32 Å². The van der Waals surface area contributed by atoms with E-state index in [4.69, 9.17) is 29.4 Å². The molecule has 0 unspecified atom stereocenters. The topological polar surface area (TPSA) is 213 Å². The molecular formula is C30H46N2O12. The number of aliphatic hydroxyl groups excluding tert-OH is 2. The lowest BCUT2D eigenvalue weighted by Gasteiger charge is -2.30. The van der Waals surface area contributed by atoms with Crippen molar-refractivity contribution in [1.29, 1.82) is 0 Å². The van der Waals surface area contributed by atoms with Gasteiger partial charge in [0.15, 0.2) is 11.9 Å². The molecule has 2 amide bonds. The molecule has 1 aliphatic heterocycles. The summed E-state index contributed by atoms with van der Waals surface area (Å²) in [5.74, 6) is -4.07. The smallest absolute Gasteiger partial charge is 0.405 e. The summed E-state index contributed by atoms with van der Waals surface area (Å²) in [6.07, 6.45) is -3.20. The molecule has 0 aromatic rings. The quantitative estimate of drug-likeness (QED) is 0.208. The van der Waals surface area contributed by atoms with Crippen LogP contribution >= 0.6 is 0 Å². The van der Waals surface area contributed by atoms with E-state index < -0.39 is 71.8 Å². The van der Waals surface area contributed by atoms with Crippen LogP contribution in [0.25, 0.3) is 0 Å². The third-order valence-electron chi connectivity index (χ3n) is 8.12. The second-order valence-electron chi connectivity index (χ2n) is 11.4. The second-order valence-corrected chi connectivity index (χ2v) is 11.4. The highest BCUT2D eigenvalue weighted by Gasteiger charge is 2.61. The predicted molar refractivity (Wildman–Crippen MR) is 156 cm³/mol. The molecule has 2 bridgehead atoms. The summed E-state index contributed by atoms with van der Waals surface area (Å²) >= 11 is 0. The Hall–Kier alpha value is -3.30. The average Bonchev–Trinajstić information content (AvgIpc) is 3.16. The van der Waals surface area contributed by atoms with Crippen molar-refractivity contribution in [2.24, 2.45) is 17.6 Å². The number of hydrogen-bond donors (Lipinski definition) is 5. The van der Waals surface area contributed by atoms with Crippen molar-refractivity contribution in [3.8, 4) is 0 Å². The lowest BCUT2D eigenvalue weighted by Crippen LogP contribution is -2.59. The maximum absolute atomic E-state index is 13.7. The summed E-state index contributed by atoms with van der Waals surface area (Å²) in [5.41, 5.74) is 3.08. The van der Waals surface area contributed by atoms with E-state index in [1.165, 1.54) is 34.3 Å². The van der Waals surface area contributed by atoms with Crippen LogP contribution in [0.5, 0.6) is 0 Å². The van der Waals surface area contributed by atoms with Crippen LogP contribution in [0.2, 0.25) is 0 Å². The van der Waals surface area contributed by atoms with Gasteiger partial charge in [-0.3, -0.25) is 9.59 Å². The molecule has 9 atom stereocenters. The fraction of sp³-hybridized carbons (Fsp3) is 0.667. The normalized spacial score (nSPS) is 34.5. The summed E-state index contributed by atoms with van der Waals surface area (Å²) in [6, 6.07) is -1.79. The van der Waals surface area contributed by atoms with Crippen molar-refractivity contribution < 1.29 is 58.2 Å². The Bertz CT molecular complexity index is 1180. The van der Waals surface area contributed by atoms with Crippen molar-refractivity contribution >= 4 is 23.8 Å². The molecule has 2 rings (SSSR count). The molecular weight excluding hydrogens is 580 g/mol. The number of fused-ring (bicyclic) bond motifs is 2. The first-order chi connectivity index (χ1) is 20.6. The third-order valence-corrected chi connectivity index (χ3v) is 8.12. The van der Waals surface area contributed by atoms with Gasteiger partial charge in [0, 0.05) is 37.7 Å². The number of nitrogens with two attached hydrogens (primary N) is 1. The number of ether oxygens (including phenoxy) is 5. The summed E-state index contributed by atoms with van der Waals surface area (Å²) in [6.45, 7) is 6.56. The molecule has 0 saturated carbocycles. The number of ketones is 1. The molecule has 0 radical (unpaired) electrons. The largest absolute Gasteiger partial charge is 0.497 e. The van der Waals surface area contributed by atoms with Gasteiger partial charge in [-0.2, -0.15) is 0 Å². The Labute approximate surface area is 257 Å². The highest BCUT2D eigenvalue weighted by atomic mass is 16.6. The maximum Gasteiger partial charge on any atom is 0.405 e. The zero-order valence-electron chi connectivity index (χ0n) is 26.5. The molecule has 2 aliphatic rings. The molecule has 14 heteroatoms. The average molecular weight is 627 g/mol. The van der Waals surface area contributed by atoms with Crippen molar-refractivity contribution in [3.05, 3.63) is 34.6 Å². The van der Waals surface area contributed by atoms with E-state index in [2.05, 4.69) is 5.32 Å². The van der Waals surface area contributed by atoms with Gasteiger partial charge in [0.1, 0.15) is 17.9 Å². The number of nitrogens with one attached hydrogen (secondary N) is 1. The highest BCUT2D eigenvalue weighted by Crippen LogP contribution is 2.39. The number of hydrogen-bond acceptors (Lipinski definition) is 12. The fourth-order valence-electron chi connectivity index (χ4n) is 5.84. The summed E-state index contributed by atoms with van der Waals surface area (Å²) in [4.78, 5) is 51.6. The molecule has 0 spiro atoms. The lowest BCUT2D eigenvalue weighted by molar-refractivity contribution is -0.165. The zero-order valence-corrected chi connectivity index (χ0v) is 26.5. The predicted octanol–water partition coefficient (Wildman–Crippen LogP) is 0.423. The first kappa shape index (κ1) is 36.9. The number of carbonyl (C=O) groups excluding carboxylic acids is 4. The minimum atomic E-state index is -2.66. The Morgan fingerprint density at radius 2 is 1.61 bits per heavy atom. The Kier molecular flexibility index (Phi) is 13.1. The standard InChI is InChI=1S/C30H46N2O12/c1-14-9-19-23(35)25(30(39,26(19)42-7)28(37)43-8)32-27(36)17(4)12-18(33)13-21(41-6)24(44-29(31)38)16(3)11-15(2)22(34)20(10-14)40-5/h11-12,14-15,18,20-22,24-25,33-34,39H,9-10,13H2,1-8H3,(H2,31,38)(H,32,36)/t14-,15+,18+,20+,21+,22-,24+,25-,30+/m1/s1. The van der Waals surface area contributed by atoms with Crippen molar-refractivity contribution in [2.45, 2.75) is 89.1 Å². The van der Waals surface area contributed by atoms with E-state index in [1.807, 2.05) is 0 Å². The van der Waals surface area contributed by atoms with Gasteiger partial charge in [-0.25, -0.2) is 9.59 Å². The van der Waals surface area contributed by atoms with Gasteiger partial charge in [0.05, 0.1) is 32.5 Å². The van der Waals surface area contributed by atoms with Gasteiger partial charge in [-0.1, -0.05) is 19.9 Å². The number of Topliss-reactive ketones (excluding diaryl/α,β-unsaturated/α-hetero) is 1. The molecule has 6 N–H and O–H groups in total. The number of methoxy groups -OCH3 is 4. The molecule has 0 aromatic carbocycles. The Morgan fingerprint density at radius 3 is 2.14 bits per heavy atom. The van der Waals surface area contributed by atoms with E-state index in [1.54, 1.807) is 26.8 Å². The number of primary amides is 1. The summed E-state index contributed by atoms with van der Waals surface area (Å²) in [5, 5.41) is 36.0. The number of rotatable bonds is 5. The Balaban J connectivity index is 2.69. The zero-order chi connectivity index (χ0) is 33.5. The SMILES string of the molecule is COC(=O)[C@@]1(O)C(OC)=C2C[C@@H](C)C[C@H](OC)[C@H](O)[C@@H](C)C=C(C)[C@H](OC(N)=O)[C@@H](OC)C[C@@H](O)C=C(C)C(=O)N[C@@H]1C2=O. The van der Waals surface area contributed by atoms with Crippen LogP contribution in [0, 0.1) is 11.8 Å². The first-order valence-corrected chi connectivity index (χ1v) is 14.2. The van der Waals surface area contributed by atoms with Gasteiger partial charge in [-0.05, 0) is 44.3 Å². The Morgan fingerprint density at radius 1 is 1.00 bits per heavy atom. The molecule has 1 aliphatic carbocycles. The number of aliphatic hydroxyl groups is 3. The maximum atomic E-state index is 13.7. The van der Waals surface area contributed by atoms with Crippen LogP contribution < -0.4 is 11.1 Å². The van der Waals surface area contributed by atoms with Gasteiger partial charge in [-0.15, -0.1) is 0 Å². The number of carbonyl (C=O) groups is 4. The third kappa shape index (κ3) is 8.04. The van der Waals surface area contributed by atoms with Gasteiger partial charge in [0.25, 0.3) is 0 Å². The minimum absolute atomic E-state index is 0.00108. The van der Waals surface area contributed by atoms with Crippen LogP contribution in [0.15, 0.2) is 34.6 Å².